The smallest absolute Gasteiger partial charge is 0.0899 e. The molecule has 0 aromatic carbocycles. The van der Waals surface area contributed by atoms with Crippen LogP contribution in [0, 0.1) is 5.92 Å². The second kappa shape index (κ2) is 1.73. The van der Waals surface area contributed by atoms with E-state index in [1.54, 1.807) is 6.08 Å². The Morgan fingerprint density at radius 3 is 2.90 bits per heavy atom. The van der Waals surface area contributed by atoms with E-state index in [1.165, 1.54) is 0 Å². The van der Waals surface area contributed by atoms with Gasteiger partial charge in [-0.25, -0.2) is 0 Å². The van der Waals surface area contributed by atoms with Gasteiger partial charge in [-0.3, -0.25) is 0 Å². The molecule has 0 radical (unpaired) electrons. The highest BCUT2D eigenvalue weighted by Gasteiger charge is 2.43. The van der Waals surface area contributed by atoms with E-state index in [0.717, 1.165) is 24.8 Å². The molecule has 0 aliphatic heterocycles. The minimum Gasteiger partial charge on any atom is -0.385 e. The van der Waals surface area contributed by atoms with Gasteiger partial charge in [-0.15, -0.1) is 0 Å². The van der Waals surface area contributed by atoms with Crippen LogP contribution in [-0.2, 0) is 0 Å². The van der Waals surface area contributed by atoms with Gasteiger partial charge in [0.25, 0.3) is 0 Å². The third-order valence-corrected chi connectivity index (χ3v) is 2.70. The van der Waals surface area contributed by atoms with Gasteiger partial charge in [0, 0.05) is 0 Å². The predicted octanol–water partition coefficient (Wildman–Crippen LogP) is 1.64. The molecule has 10 heavy (non-hydrogen) atoms. The second-order valence-corrected chi connectivity index (χ2v) is 3.36. The van der Waals surface area contributed by atoms with Gasteiger partial charge in [0.05, 0.1) is 5.60 Å². The Balaban J connectivity index is 2.37. The molecule has 0 amide bonds. The number of rotatable bonds is 1. The molecular formula is C9H12O. The van der Waals surface area contributed by atoms with Crippen LogP contribution in [0.2, 0.25) is 0 Å². The molecule has 2 aliphatic carbocycles. The minimum atomic E-state index is -0.480. The Bertz CT molecular complexity index is 205. The summed E-state index contributed by atoms with van der Waals surface area (Å²) in [4.78, 5) is 0. The zero-order valence-electron chi connectivity index (χ0n) is 6.01. The fraction of sp³-hybridized carbons (Fsp3) is 0.556. The van der Waals surface area contributed by atoms with Crippen LogP contribution in [0.1, 0.15) is 19.3 Å². The van der Waals surface area contributed by atoms with Gasteiger partial charge >= 0.3 is 0 Å². The average Bonchev–Trinajstić information content (AvgIpc) is 2.41. The van der Waals surface area contributed by atoms with E-state index in [2.05, 4.69) is 12.7 Å². The van der Waals surface area contributed by atoms with Crippen molar-refractivity contribution in [2.24, 2.45) is 5.92 Å². The summed E-state index contributed by atoms with van der Waals surface area (Å²) in [6.45, 7) is 3.68. The SMILES string of the molecule is C=CC1=CC2CCC1(O)C2. The molecular weight excluding hydrogens is 124 g/mol. The first-order chi connectivity index (χ1) is 4.74. The van der Waals surface area contributed by atoms with Gasteiger partial charge < -0.3 is 5.11 Å². The van der Waals surface area contributed by atoms with Crippen LogP contribution >= 0.6 is 0 Å². The van der Waals surface area contributed by atoms with E-state index in [9.17, 15) is 5.11 Å². The third-order valence-electron chi connectivity index (χ3n) is 2.70. The number of fused-ring (bicyclic) bond motifs is 2. The maximum atomic E-state index is 9.86. The molecule has 1 nitrogen and oxygen atoms in total. The molecule has 2 rings (SSSR count). The van der Waals surface area contributed by atoms with Crippen molar-refractivity contribution in [3.05, 3.63) is 24.3 Å². The largest absolute Gasteiger partial charge is 0.385 e. The van der Waals surface area contributed by atoms with Crippen molar-refractivity contribution in [3.63, 3.8) is 0 Å². The first kappa shape index (κ1) is 6.17. The van der Waals surface area contributed by atoms with Crippen molar-refractivity contribution in [1.29, 1.82) is 0 Å². The fourth-order valence-electron chi connectivity index (χ4n) is 2.13. The number of aliphatic hydroxyl groups is 1. The fourth-order valence-corrected chi connectivity index (χ4v) is 2.13. The van der Waals surface area contributed by atoms with Crippen LogP contribution in [-0.4, -0.2) is 10.7 Å². The van der Waals surface area contributed by atoms with E-state index in [0.29, 0.717) is 5.92 Å². The van der Waals surface area contributed by atoms with Crippen molar-refractivity contribution in [2.45, 2.75) is 24.9 Å². The summed E-state index contributed by atoms with van der Waals surface area (Å²) in [6, 6.07) is 0. The molecule has 1 heteroatoms. The molecule has 0 heterocycles. The molecule has 2 unspecified atom stereocenters. The van der Waals surface area contributed by atoms with E-state index >= 15 is 0 Å². The summed E-state index contributed by atoms with van der Waals surface area (Å²) in [5, 5.41) is 9.86. The lowest BCUT2D eigenvalue weighted by Crippen LogP contribution is -2.23. The highest BCUT2D eigenvalue weighted by Crippen LogP contribution is 2.47. The van der Waals surface area contributed by atoms with Gasteiger partial charge in [-0.2, -0.15) is 0 Å². The molecule has 54 valence electrons. The highest BCUT2D eigenvalue weighted by molar-refractivity contribution is 5.35. The molecule has 0 aromatic heterocycles. The Hall–Kier alpha value is -0.560. The zero-order valence-corrected chi connectivity index (χ0v) is 6.01. The normalized spacial score (nSPS) is 43.7. The number of hydrogen-bond acceptors (Lipinski definition) is 1. The molecule has 1 fully saturated rings. The topological polar surface area (TPSA) is 20.2 Å². The minimum absolute atomic E-state index is 0.480. The maximum Gasteiger partial charge on any atom is 0.0899 e. The van der Waals surface area contributed by atoms with Crippen LogP contribution in [0.5, 0.6) is 0 Å². The third kappa shape index (κ3) is 0.613. The Labute approximate surface area is 61.1 Å². The van der Waals surface area contributed by atoms with E-state index in [1.807, 2.05) is 0 Å². The lowest BCUT2D eigenvalue weighted by atomic mass is 9.94. The summed E-state index contributed by atoms with van der Waals surface area (Å²) in [6.07, 6.45) is 6.99. The molecule has 0 aromatic rings. The summed E-state index contributed by atoms with van der Waals surface area (Å²) in [5.41, 5.74) is 0.579. The highest BCUT2D eigenvalue weighted by atomic mass is 16.3. The standard InChI is InChI=1S/C9H12O/c1-2-8-5-7-3-4-9(8,10)6-7/h2,5,7,10H,1,3-4,6H2. The monoisotopic (exact) mass is 136 g/mol. The number of allylic oxidation sites excluding steroid dienone is 1. The quantitative estimate of drug-likeness (QED) is 0.581. The molecule has 1 N–H and O–H groups in total. The maximum absolute atomic E-state index is 9.86. The van der Waals surface area contributed by atoms with E-state index in [4.69, 9.17) is 0 Å². The molecule has 0 saturated heterocycles. The van der Waals surface area contributed by atoms with Crippen LogP contribution < -0.4 is 0 Å². The number of hydrogen-bond donors (Lipinski definition) is 1. The van der Waals surface area contributed by atoms with Crippen molar-refractivity contribution in [1.82, 2.24) is 0 Å². The Kier molecular flexibility index (Phi) is 1.07. The molecule has 2 aliphatic rings. The van der Waals surface area contributed by atoms with Crippen LogP contribution in [0.3, 0.4) is 0 Å². The summed E-state index contributed by atoms with van der Waals surface area (Å²) in [5.74, 6) is 0.637. The molecule has 1 saturated carbocycles. The summed E-state index contributed by atoms with van der Waals surface area (Å²) >= 11 is 0. The first-order valence-corrected chi connectivity index (χ1v) is 3.82. The molecule has 0 spiro atoms. The van der Waals surface area contributed by atoms with Crippen LogP contribution in [0.15, 0.2) is 24.3 Å². The molecule has 2 bridgehead atoms. The van der Waals surface area contributed by atoms with E-state index < -0.39 is 5.60 Å². The summed E-state index contributed by atoms with van der Waals surface area (Å²) in [7, 11) is 0. The predicted molar refractivity (Wildman–Crippen MR) is 40.6 cm³/mol. The lowest BCUT2D eigenvalue weighted by molar-refractivity contribution is 0.0940. The van der Waals surface area contributed by atoms with Crippen molar-refractivity contribution < 1.29 is 5.11 Å². The van der Waals surface area contributed by atoms with Crippen LogP contribution in [0.4, 0.5) is 0 Å². The van der Waals surface area contributed by atoms with Crippen molar-refractivity contribution in [3.8, 4) is 0 Å². The van der Waals surface area contributed by atoms with Gasteiger partial charge in [-0.1, -0.05) is 18.7 Å². The first-order valence-electron chi connectivity index (χ1n) is 3.82. The van der Waals surface area contributed by atoms with Crippen molar-refractivity contribution >= 4 is 0 Å². The van der Waals surface area contributed by atoms with Gasteiger partial charge in [0.1, 0.15) is 0 Å². The van der Waals surface area contributed by atoms with Crippen molar-refractivity contribution in [2.75, 3.05) is 0 Å². The average molecular weight is 136 g/mol. The van der Waals surface area contributed by atoms with Gasteiger partial charge in [-0.05, 0) is 30.8 Å². The van der Waals surface area contributed by atoms with E-state index in [-0.39, 0.29) is 0 Å². The Morgan fingerprint density at radius 2 is 2.60 bits per heavy atom. The summed E-state index contributed by atoms with van der Waals surface area (Å²) < 4.78 is 0. The Morgan fingerprint density at radius 1 is 1.80 bits per heavy atom. The van der Waals surface area contributed by atoms with Crippen LogP contribution in [0.25, 0.3) is 0 Å². The molecule has 2 atom stereocenters. The lowest BCUT2D eigenvalue weighted by Gasteiger charge is -2.20. The van der Waals surface area contributed by atoms with Gasteiger partial charge in [0.15, 0.2) is 0 Å². The second-order valence-electron chi connectivity index (χ2n) is 3.36. The van der Waals surface area contributed by atoms with Gasteiger partial charge in [0.2, 0.25) is 0 Å². The zero-order chi connectivity index (χ0) is 7.19.